The zero-order chi connectivity index (χ0) is 17.2. The number of amides is 1. The number of carbonyl (C=O) groups excluding carboxylic acids is 1. The van der Waals surface area contributed by atoms with E-state index in [0.717, 1.165) is 9.13 Å². The highest BCUT2D eigenvalue weighted by atomic mass is 127. The van der Waals surface area contributed by atoms with E-state index in [1.54, 1.807) is 4.90 Å². The van der Waals surface area contributed by atoms with Crippen molar-refractivity contribution in [2.45, 2.75) is 38.7 Å². The summed E-state index contributed by atoms with van der Waals surface area (Å²) in [5.74, 6) is -1.51. The second kappa shape index (κ2) is 7.07. The number of piperidine rings is 1. The molecule has 0 unspecified atom stereocenters. The molecule has 1 aromatic rings. The third-order valence-corrected chi connectivity index (χ3v) is 4.53. The summed E-state index contributed by atoms with van der Waals surface area (Å²) in [5.41, 5.74) is 0.399. The van der Waals surface area contributed by atoms with Crippen LogP contribution in [0.1, 0.15) is 38.7 Å². The Bertz CT molecular complexity index is 597. The van der Waals surface area contributed by atoms with E-state index in [1.807, 2.05) is 45.0 Å². The number of nitrogens with zero attached hydrogens (tertiary/aromatic N) is 1. The van der Waals surface area contributed by atoms with Crippen LogP contribution in [0.25, 0.3) is 0 Å². The standard InChI is InChI=1S/C17H22INO4/c1-17(2,3)23-16(22)19-8-7-13(15(20)21)14(10-19)11-5-4-6-12(18)9-11/h4-6,9,13-14H,7-8,10H2,1-3H3,(H,20,21)/t13-,14+/m1/s1. The van der Waals surface area contributed by atoms with Crippen LogP contribution in [0.3, 0.4) is 0 Å². The fourth-order valence-electron chi connectivity index (χ4n) is 2.81. The van der Waals surface area contributed by atoms with Gasteiger partial charge in [-0.25, -0.2) is 4.79 Å². The van der Waals surface area contributed by atoms with E-state index in [1.165, 1.54) is 0 Å². The molecular weight excluding hydrogens is 409 g/mol. The van der Waals surface area contributed by atoms with Gasteiger partial charge in [0.15, 0.2) is 0 Å². The van der Waals surface area contributed by atoms with Gasteiger partial charge in [-0.1, -0.05) is 12.1 Å². The Kier molecular flexibility index (Phi) is 5.54. The van der Waals surface area contributed by atoms with Gasteiger partial charge >= 0.3 is 12.1 Å². The van der Waals surface area contributed by atoms with Crippen molar-refractivity contribution >= 4 is 34.7 Å². The van der Waals surface area contributed by atoms with Crippen molar-refractivity contribution in [2.75, 3.05) is 13.1 Å². The van der Waals surface area contributed by atoms with Gasteiger partial charge in [0, 0.05) is 22.6 Å². The lowest BCUT2D eigenvalue weighted by Gasteiger charge is -2.37. The smallest absolute Gasteiger partial charge is 0.410 e. The number of rotatable bonds is 2. The van der Waals surface area contributed by atoms with Crippen LogP contribution in [0.2, 0.25) is 0 Å². The van der Waals surface area contributed by atoms with Crippen molar-refractivity contribution in [3.63, 3.8) is 0 Å². The van der Waals surface area contributed by atoms with E-state index in [9.17, 15) is 14.7 Å². The van der Waals surface area contributed by atoms with Gasteiger partial charge < -0.3 is 14.7 Å². The highest BCUT2D eigenvalue weighted by Crippen LogP contribution is 2.34. The number of benzene rings is 1. The molecule has 1 N–H and O–H groups in total. The van der Waals surface area contributed by atoms with Crippen LogP contribution in [0, 0.1) is 9.49 Å². The predicted octanol–water partition coefficient (Wildman–Crippen LogP) is 3.72. The Hall–Kier alpha value is -1.31. The summed E-state index contributed by atoms with van der Waals surface area (Å²) >= 11 is 2.21. The molecule has 2 rings (SSSR count). The van der Waals surface area contributed by atoms with E-state index in [0.29, 0.717) is 19.5 Å². The molecule has 1 aromatic carbocycles. The second-order valence-corrected chi connectivity index (χ2v) is 8.07. The largest absolute Gasteiger partial charge is 0.481 e. The third-order valence-electron chi connectivity index (χ3n) is 3.86. The quantitative estimate of drug-likeness (QED) is 0.726. The van der Waals surface area contributed by atoms with E-state index in [4.69, 9.17) is 4.74 Å². The number of hydrogen-bond donors (Lipinski definition) is 1. The molecule has 0 spiro atoms. The number of ether oxygens (including phenoxy) is 1. The molecule has 6 heteroatoms. The summed E-state index contributed by atoms with van der Waals surface area (Å²) in [6.07, 6.45) is 0.0574. The van der Waals surface area contributed by atoms with E-state index < -0.39 is 17.5 Å². The molecule has 5 nitrogen and oxygen atoms in total. The van der Waals surface area contributed by atoms with Gasteiger partial charge in [0.05, 0.1) is 5.92 Å². The second-order valence-electron chi connectivity index (χ2n) is 6.82. The molecule has 1 amide bonds. The molecule has 1 aliphatic rings. The van der Waals surface area contributed by atoms with Gasteiger partial charge in [-0.3, -0.25) is 4.79 Å². The first-order chi connectivity index (χ1) is 10.7. The minimum atomic E-state index is -0.808. The molecular formula is C17H22INO4. The Balaban J connectivity index is 2.21. The van der Waals surface area contributed by atoms with E-state index in [-0.39, 0.29) is 12.0 Å². The minimum absolute atomic E-state index is 0.219. The van der Waals surface area contributed by atoms with E-state index >= 15 is 0 Å². The minimum Gasteiger partial charge on any atom is -0.481 e. The van der Waals surface area contributed by atoms with Gasteiger partial charge in [-0.15, -0.1) is 0 Å². The van der Waals surface area contributed by atoms with Crippen molar-refractivity contribution in [1.29, 1.82) is 0 Å². The summed E-state index contributed by atoms with van der Waals surface area (Å²) in [6.45, 7) is 6.25. The first kappa shape index (κ1) is 18.0. The average Bonchev–Trinajstić information content (AvgIpc) is 2.44. The van der Waals surface area contributed by atoms with Crippen LogP contribution in [-0.4, -0.2) is 40.8 Å². The molecule has 1 saturated heterocycles. The van der Waals surface area contributed by atoms with Gasteiger partial charge in [-0.05, 0) is 67.5 Å². The first-order valence-corrected chi connectivity index (χ1v) is 8.71. The van der Waals surface area contributed by atoms with Gasteiger partial charge in [0.1, 0.15) is 5.60 Å². The van der Waals surface area contributed by atoms with Crippen LogP contribution in [0.15, 0.2) is 24.3 Å². The zero-order valence-electron chi connectivity index (χ0n) is 13.6. The Morgan fingerprint density at radius 2 is 2.04 bits per heavy atom. The predicted molar refractivity (Wildman–Crippen MR) is 95.4 cm³/mol. The lowest BCUT2D eigenvalue weighted by molar-refractivity contribution is -0.144. The van der Waals surface area contributed by atoms with Crippen molar-refractivity contribution in [3.05, 3.63) is 33.4 Å². The molecule has 2 atom stereocenters. The van der Waals surface area contributed by atoms with Crippen molar-refractivity contribution in [2.24, 2.45) is 5.92 Å². The van der Waals surface area contributed by atoms with Crippen molar-refractivity contribution in [3.8, 4) is 0 Å². The SMILES string of the molecule is CC(C)(C)OC(=O)N1CC[C@@H](C(=O)O)[C@H](c2cccc(I)c2)C1. The molecule has 0 saturated carbocycles. The molecule has 0 aromatic heterocycles. The van der Waals surface area contributed by atoms with Crippen molar-refractivity contribution in [1.82, 2.24) is 4.90 Å². The molecule has 1 fully saturated rings. The van der Waals surface area contributed by atoms with Gasteiger partial charge in [0.2, 0.25) is 0 Å². The highest BCUT2D eigenvalue weighted by molar-refractivity contribution is 14.1. The number of carboxylic acids is 1. The molecule has 126 valence electrons. The van der Waals surface area contributed by atoms with Crippen LogP contribution in [0.4, 0.5) is 4.79 Å². The summed E-state index contributed by atoms with van der Waals surface area (Å²) in [6, 6.07) is 7.80. The Morgan fingerprint density at radius 3 is 2.61 bits per heavy atom. The Labute approximate surface area is 150 Å². The normalized spacial score (nSPS) is 21.8. The first-order valence-electron chi connectivity index (χ1n) is 7.63. The van der Waals surface area contributed by atoms with Crippen LogP contribution in [-0.2, 0) is 9.53 Å². The van der Waals surface area contributed by atoms with Crippen LogP contribution in [0.5, 0.6) is 0 Å². The molecule has 1 heterocycles. The van der Waals surface area contributed by atoms with Crippen LogP contribution < -0.4 is 0 Å². The third kappa shape index (κ3) is 4.83. The monoisotopic (exact) mass is 431 g/mol. The molecule has 23 heavy (non-hydrogen) atoms. The fourth-order valence-corrected chi connectivity index (χ4v) is 3.38. The van der Waals surface area contributed by atoms with Crippen LogP contribution >= 0.6 is 22.6 Å². The molecule has 0 bridgehead atoms. The number of carboxylic acid groups (broad SMARTS) is 1. The lowest BCUT2D eigenvalue weighted by Crippen LogP contribution is -2.46. The van der Waals surface area contributed by atoms with E-state index in [2.05, 4.69) is 22.6 Å². The summed E-state index contributed by atoms with van der Waals surface area (Å²) in [4.78, 5) is 25.5. The van der Waals surface area contributed by atoms with Crippen molar-refractivity contribution < 1.29 is 19.4 Å². The summed E-state index contributed by atoms with van der Waals surface area (Å²) < 4.78 is 6.47. The summed E-state index contributed by atoms with van der Waals surface area (Å²) in [5, 5.41) is 9.51. The Morgan fingerprint density at radius 1 is 1.35 bits per heavy atom. The lowest BCUT2D eigenvalue weighted by atomic mass is 9.81. The number of likely N-dealkylation sites (tertiary alicyclic amines) is 1. The number of halogens is 1. The number of aliphatic carboxylic acids is 1. The summed E-state index contributed by atoms with van der Waals surface area (Å²) in [7, 11) is 0. The average molecular weight is 431 g/mol. The fraction of sp³-hybridized carbons (Fsp3) is 0.529. The zero-order valence-corrected chi connectivity index (χ0v) is 15.7. The molecule has 0 radical (unpaired) electrons. The highest BCUT2D eigenvalue weighted by Gasteiger charge is 2.38. The van der Waals surface area contributed by atoms with Gasteiger partial charge in [-0.2, -0.15) is 0 Å². The number of carbonyl (C=O) groups is 2. The molecule has 0 aliphatic carbocycles. The molecule has 1 aliphatic heterocycles. The topological polar surface area (TPSA) is 66.8 Å². The maximum Gasteiger partial charge on any atom is 0.410 e. The maximum atomic E-state index is 12.3. The van der Waals surface area contributed by atoms with Gasteiger partial charge in [0.25, 0.3) is 0 Å². The number of hydrogen-bond acceptors (Lipinski definition) is 3. The maximum absolute atomic E-state index is 12.3.